The van der Waals surface area contributed by atoms with Gasteiger partial charge < -0.3 is 14.7 Å². The molecule has 2 amide bonds. The summed E-state index contributed by atoms with van der Waals surface area (Å²) in [5.74, 6) is 1.11. The highest BCUT2D eigenvalue weighted by Crippen LogP contribution is 2.29. The summed E-state index contributed by atoms with van der Waals surface area (Å²) in [4.78, 5) is 32.1. The van der Waals surface area contributed by atoms with E-state index in [1.54, 1.807) is 12.1 Å². The van der Waals surface area contributed by atoms with Crippen molar-refractivity contribution >= 4 is 17.5 Å². The maximum absolute atomic E-state index is 12.9. The Morgan fingerprint density at radius 2 is 1.62 bits per heavy atom. The fourth-order valence-electron chi connectivity index (χ4n) is 4.62. The lowest BCUT2D eigenvalue weighted by Gasteiger charge is -2.30. The van der Waals surface area contributed by atoms with Crippen LogP contribution in [0.4, 0.5) is 5.69 Å². The second-order valence-corrected chi connectivity index (χ2v) is 9.67. The van der Waals surface area contributed by atoms with Gasteiger partial charge in [0, 0.05) is 41.4 Å². The molecule has 1 N–H and O–H groups in total. The highest BCUT2D eigenvalue weighted by molar-refractivity contribution is 6.04. The van der Waals surface area contributed by atoms with E-state index in [0.29, 0.717) is 30.4 Å². The Kier molecular flexibility index (Phi) is 6.86. The summed E-state index contributed by atoms with van der Waals surface area (Å²) in [5, 5.41) is 7.11. The first kappa shape index (κ1) is 24.4. The van der Waals surface area contributed by atoms with Crippen LogP contribution in [0.1, 0.15) is 62.1 Å². The van der Waals surface area contributed by atoms with Gasteiger partial charge in [-0.25, -0.2) is 0 Å². The maximum atomic E-state index is 12.9. The largest absolute Gasteiger partial charge is 0.339 e. The lowest BCUT2D eigenvalue weighted by atomic mass is 9.96. The van der Waals surface area contributed by atoms with Gasteiger partial charge in [-0.15, -0.1) is 0 Å². The van der Waals surface area contributed by atoms with Crippen LogP contribution >= 0.6 is 0 Å². The molecular weight excluding hydrogens is 464 g/mol. The zero-order chi connectivity index (χ0) is 25.9. The molecule has 1 aliphatic heterocycles. The Morgan fingerprint density at radius 3 is 2.32 bits per heavy atom. The van der Waals surface area contributed by atoms with Crippen molar-refractivity contribution < 1.29 is 14.1 Å². The number of hydrogen-bond acceptors (Lipinski definition) is 5. The molecule has 37 heavy (non-hydrogen) atoms. The number of rotatable bonds is 5. The minimum Gasteiger partial charge on any atom is -0.339 e. The van der Waals surface area contributed by atoms with E-state index in [1.165, 1.54) is 5.56 Å². The third-order valence-corrected chi connectivity index (χ3v) is 7.12. The number of amides is 2. The number of benzene rings is 3. The van der Waals surface area contributed by atoms with E-state index in [-0.39, 0.29) is 17.7 Å². The predicted molar refractivity (Wildman–Crippen MR) is 143 cm³/mol. The quantitative estimate of drug-likeness (QED) is 0.371. The zero-order valence-electron chi connectivity index (χ0n) is 21.3. The van der Waals surface area contributed by atoms with Crippen molar-refractivity contribution in [3.63, 3.8) is 0 Å². The van der Waals surface area contributed by atoms with E-state index in [4.69, 9.17) is 4.52 Å². The molecule has 4 aromatic rings. The minimum absolute atomic E-state index is 0.0735. The standard InChI is InChI=1S/C30H30N4O3/c1-19-8-13-25(18-21(19)3)31-28(35)23-11-9-22(10-12-23)27-32-29(37-33-27)24-14-16-34(17-15-24)30(36)26-7-5-4-6-20(26)2/h4-13,18,24H,14-17H2,1-3H3,(H,31,35). The summed E-state index contributed by atoms with van der Waals surface area (Å²) in [6.45, 7) is 7.33. The molecule has 1 aromatic heterocycles. The molecule has 3 aromatic carbocycles. The molecule has 0 saturated carbocycles. The molecule has 0 radical (unpaired) electrons. The van der Waals surface area contributed by atoms with Crippen molar-refractivity contribution in [2.24, 2.45) is 0 Å². The Balaban J connectivity index is 1.20. The first-order chi connectivity index (χ1) is 17.9. The fourth-order valence-corrected chi connectivity index (χ4v) is 4.62. The van der Waals surface area contributed by atoms with Crippen LogP contribution in [0, 0.1) is 20.8 Å². The molecule has 0 aliphatic carbocycles. The van der Waals surface area contributed by atoms with Crippen LogP contribution < -0.4 is 5.32 Å². The summed E-state index contributed by atoms with van der Waals surface area (Å²) < 4.78 is 5.59. The smallest absolute Gasteiger partial charge is 0.255 e. The van der Waals surface area contributed by atoms with Gasteiger partial charge in [0.05, 0.1) is 0 Å². The molecule has 1 fully saturated rings. The molecule has 1 aliphatic rings. The van der Waals surface area contributed by atoms with Gasteiger partial charge in [0.25, 0.3) is 11.8 Å². The number of likely N-dealkylation sites (tertiary alicyclic amines) is 1. The molecule has 0 spiro atoms. The van der Waals surface area contributed by atoms with E-state index in [1.807, 2.05) is 80.3 Å². The average Bonchev–Trinajstić information content (AvgIpc) is 3.41. The van der Waals surface area contributed by atoms with Gasteiger partial charge in [-0.3, -0.25) is 9.59 Å². The topological polar surface area (TPSA) is 88.3 Å². The SMILES string of the molecule is Cc1ccc(NC(=O)c2ccc(-c3noc(C4CCN(C(=O)c5ccccc5C)CC4)n3)cc2)cc1C. The number of hydrogen-bond donors (Lipinski definition) is 1. The normalized spacial score (nSPS) is 14.0. The van der Waals surface area contributed by atoms with Crippen LogP contribution in [0.2, 0.25) is 0 Å². The molecule has 0 unspecified atom stereocenters. The van der Waals surface area contributed by atoms with Gasteiger partial charge >= 0.3 is 0 Å². The van der Waals surface area contributed by atoms with E-state index < -0.39 is 0 Å². The van der Waals surface area contributed by atoms with Crippen LogP contribution in [-0.2, 0) is 0 Å². The number of aromatic nitrogens is 2. The maximum Gasteiger partial charge on any atom is 0.255 e. The van der Waals surface area contributed by atoms with E-state index in [9.17, 15) is 9.59 Å². The van der Waals surface area contributed by atoms with E-state index in [0.717, 1.165) is 40.8 Å². The van der Waals surface area contributed by atoms with E-state index >= 15 is 0 Å². The molecule has 0 atom stereocenters. The Labute approximate surface area is 216 Å². The fraction of sp³-hybridized carbons (Fsp3) is 0.267. The third-order valence-electron chi connectivity index (χ3n) is 7.12. The molecule has 2 heterocycles. The van der Waals surface area contributed by atoms with Crippen molar-refractivity contribution in [2.45, 2.75) is 39.5 Å². The predicted octanol–water partition coefficient (Wildman–Crippen LogP) is 5.93. The van der Waals surface area contributed by atoms with Crippen molar-refractivity contribution in [3.05, 3.63) is 100 Å². The second-order valence-electron chi connectivity index (χ2n) is 9.67. The zero-order valence-corrected chi connectivity index (χ0v) is 21.3. The number of nitrogens with zero attached hydrogens (tertiary/aromatic N) is 3. The average molecular weight is 495 g/mol. The van der Waals surface area contributed by atoms with Gasteiger partial charge in [-0.1, -0.05) is 41.6 Å². The molecule has 1 saturated heterocycles. The number of aryl methyl sites for hydroxylation is 3. The summed E-state index contributed by atoms with van der Waals surface area (Å²) in [7, 11) is 0. The molecule has 5 rings (SSSR count). The van der Waals surface area contributed by atoms with Crippen molar-refractivity contribution in [1.29, 1.82) is 0 Å². The van der Waals surface area contributed by atoms with Crippen molar-refractivity contribution in [3.8, 4) is 11.4 Å². The Bertz CT molecular complexity index is 1430. The molecule has 7 heteroatoms. The lowest BCUT2D eigenvalue weighted by Crippen LogP contribution is -2.38. The number of carbonyl (C=O) groups excluding carboxylic acids is 2. The van der Waals surface area contributed by atoms with Crippen molar-refractivity contribution in [1.82, 2.24) is 15.0 Å². The minimum atomic E-state index is -0.171. The van der Waals surface area contributed by atoms with E-state index in [2.05, 4.69) is 15.5 Å². The van der Waals surface area contributed by atoms with Crippen LogP contribution in [0.25, 0.3) is 11.4 Å². The monoisotopic (exact) mass is 494 g/mol. The van der Waals surface area contributed by atoms with Crippen LogP contribution in [0.15, 0.2) is 71.3 Å². The van der Waals surface area contributed by atoms with Gasteiger partial charge in [0.2, 0.25) is 11.7 Å². The highest BCUT2D eigenvalue weighted by atomic mass is 16.5. The molecule has 188 valence electrons. The Hall–Kier alpha value is -4.26. The van der Waals surface area contributed by atoms with Crippen LogP contribution in [0.3, 0.4) is 0 Å². The lowest BCUT2D eigenvalue weighted by molar-refractivity contribution is 0.0703. The first-order valence-corrected chi connectivity index (χ1v) is 12.6. The number of carbonyl (C=O) groups is 2. The number of anilines is 1. The van der Waals surface area contributed by atoms with Crippen LogP contribution in [0.5, 0.6) is 0 Å². The first-order valence-electron chi connectivity index (χ1n) is 12.6. The molecule has 7 nitrogen and oxygen atoms in total. The highest BCUT2D eigenvalue weighted by Gasteiger charge is 2.28. The summed E-state index contributed by atoms with van der Waals surface area (Å²) >= 11 is 0. The molecule has 0 bridgehead atoms. The second kappa shape index (κ2) is 10.4. The molecular formula is C30H30N4O3. The summed E-state index contributed by atoms with van der Waals surface area (Å²) in [6, 6.07) is 20.7. The van der Waals surface area contributed by atoms with Crippen molar-refractivity contribution in [2.75, 3.05) is 18.4 Å². The Morgan fingerprint density at radius 1 is 0.892 bits per heavy atom. The van der Waals surface area contributed by atoms with Crippen LogP contribution in [-0.4, -0.2) is 39.9 Å². The van der Waals surface area contributed by atoms with Gasteiger partial charge in [-0.2, -0.15) is 4.98 Å². The summed E-state index contributed by atoms with van der Waals surface area (Å²) in [6.07, 6.45) is 1.55. The number of piperidine rings is 1. The van der Waals surface area contributed by atoms with Gasteiger partial charge in [0.15, 0.2) is 0 Å². The third kappa shape index (κ3) is 5.31. The number of nitrogens with one attached hydrogen (secondary N) is 1. The van der Waals surface area contributed by atoms with Gasteiger partial charge in [0.1, 0.15) is 0 Å². The van der Waals surface area contributed by atoms with Gasteiger partial charge in [-0.05, 0) is 80.6 Å². The summed E-state index contributed by atoms with van der Waals surface area (Å²) in [5.41, 5.74) is 6.16.